The topological polar surface area (TPSA) is 35.2 Å². The average molecular weight is 290 g/mol. The first kappa shape index (κ1) is 11.6. The molecule has 0 amide bonds. The van der Waals surface area contributed by atoms with E-state index in [9.17, 15) is 0 Å². The molecular weight excluding hydrogens is 274 g/mol. The van der Waals surface area contributed by atoms with Gasteiger partial charge in [-0.25, -0.2) is 0 Å². The van der Waals surface area contributed by atoms with Crippen LogP contribution in [0.2, 0.25) is 0 Å². The summed E-state index contributed by atoms with van der Waals surface area (Å²) < 4.78 is 7.01. The minimum absolute atomic E-state index is 0.403. The molecule has 1 aliphatic carbocycles. The predicted molar refractivity (Wildman–Crippen MR) is 67.0 cm³/mol. The number of ether oxygens (including phenoxy) is 1. The summed E-state index contributed by atoms with van der Waals surface area (Å²) in [6.07, 6.45) is 4.88. The highest BCUT2D eigenvalue weighted by molar-refractivity contribution is 9.10. The first-order valence-electron chi connectivity index (χ1n) is 5.34. The molecule has 1 aromatic rings. The fourth-order valence-electron chi connectivity index (χ4n) is 1.88. The highest BCUT2D eigenvalue weighted by Gasteiger charge is 2.18. The molecule has 0 unspecified atom stereocenters. The van der Waals surface area contributed by atoms with Crippen LogP contribution in [0.25, 0.3) is 0 Å². The quantitative estimate of drug-likeness (QED) is 0.927. The van der Waals surface area contributed by atoms with Crippen LogP contribution < -0.4 is 5.73 Å². The van der Waals surface area contributed by atoms with E-state index in [-0.39, 0.29) is 0 Å². The van der Waals surface area contributed by atoms with Gasteiger partial charge in [-0.15, -0.1) is 11.3 Å². The molecule has 4 heteroatoms. The molecule has 0 aromatic carbocycles. The van der Waals surface area contributed by atoms with Gasteiger partial charge in [0.25, 0.3) is 0 Å². The van der Waals surface area contributed by atoms with Crippen LogP contribution in [-0.2, 0) is 11.3 Å². The van der Waals surface area contributed by atoms with Gasteiger partial charge in [0, 0.05) is 20.8 Å². The van der Waals surface area contributed by atoms with Crippen LogP contribution in [0.4, 0.5) is 0 Å². The number of nitrogens with two attached hydrogens (primary N) is 1. The van der Waals surface area contributed by atoms with Crippen molar-refractivity contribution < 1.29 is 4.74 Å². The molecule has 0 aliphatic heterocycles. The van der Waals surface area contributed by atoms with E-state index < -0.39 is 0 Å². The first-order valence-corrected chi connectivity index (χ1v) is 7.01. The van der Waals surface area contributed by atoms with E-state index in [0.29, 0.717) is 12.1 Å². The Balaban J connectivity index is 1.74. The van der Waals surface area contributed by atoms with Crippen LogP contribution in [0.15, 0.2) is 15.9 Å². The second-order valence-corrected chi connectivity index (χ2v) is 5.99. The number of hydrogen-bond acceptors (Lipinski definition) is 3. The van der Waals surface area contributed by atoms with Gasteiger partial charge in [0.1, 0.15) is 0 Å². The summed E-state index contributed by atoms with van der Waals surface area (Å²) in [7, 11) is 0. The Kier molecular flexibility index (Phi) is 4.20. The summed E-state index contributed by atoms with van der Waals surface area (Å²) >= 11 is 5.19. The van der Waals surface area contributed by atoms with Crippen molar-refractivity contribution in [2.45, 2.75) is 44.4 Å². The van der Waals surface area contributed by atoms with E-state index in [4.69, 9.17) is 10.5 Å². The van der Waals surface area contributed by atoms with E-state index in [1.807, 2.05) is 0 Å². The van der Waals surface area contributed by atoms with E-state index in [1.54, 1.807) is 11.3 Å². The highest BCUT2D eigenvalue weighted by atomic mass is 79.9. The number of thiophene rings is 1. The van der Waals surface area contributed by atoms with Gasteiger partial charge < -0.3 is 10.5 Å². The third-order valence-corrected chi connectivity index (χ3v) is 4.47. The van der Waals surface area contributed by atoms with Gasteiger partial charge in [-0.3, -0.25) is 0 Å². The lowest BCUT2D eigenvalue weighted by molar-refractivity contribution is 0.0151. The highest BCUT2D eigenvalue weighted by Crippen LogP contribution is 2.24. The van der Waals surface area contributed by atoms with Crippen LogP contribution in [0.5, 0.6) is 0 Å². The zero-order valence-electron chi connectivity index (χ0n) is 8.62. The second-order valence-electron chi connectivity index (χ2n) is 4.08. The second kappa shape index (κ2) is 5.43. The molecule has 15 heavy (non-hydrogen) atoms. The van der Waals surface area contributed by atoms with Crippen molar-refractivity contribution in [2.24, 2.45) is 5.73 Å². The maximum Gasteiger partial charge on any atom is 0.0813 e. The summed E-state index contributed by atoms with van der Waals surface area (Å²) in [6, 6.07) is 2.53. The Morgan fingerprint density at radius 2 is 2.13 bits per heavy atom. The summed E-state index contributed by atoms with van der Waals surface area (Å²) in [5, 5.41) is 2.09. The van der Waals surface area contributed by atoms with Crippen molar-refractivity contribution in [1.82, 2.24) is 0 Å². The minimum Gasteiger partial charge on any atom is -0.373 e. The van der Waals surface area contributed by atoms with Gasteiger partial charge in [0.05, 0.1) is 12.7 Å². The van der Waals surface area contributed by atoms with Crippen molar-refractivity contribution in [1.29, 1.82) is 0 Å². The molecular formula is C11H16BrNOS. The minimum atomic E-state index is 0.403. The molecule has 1 heterocycles. The molecule has 0 radical (unpaired) electrons. The summed E-state index contributed by atoms with van der Waals surface area (Å²) in [6.45, 7) is 0.746. The molecule has 0 bridgehead atoms. The van der Waals surface area contributed by atoms with Crippen molar-refractivity contribution >= 4 is 27.3 Å². The van der Waals surface area contributed by atoms with Crippen LogP contribution in [0.1, 0.15) is 30.6 Å². The third kappa shape index (κ3) is 3.55. The molecule has 2 N–H and O–H groups in total. The lowest BCUT2D eigenvalue weighted by atomic mass is 9.94. The smallest absolute Gasteiger partial charge is 0.0813 e. The largest absolute Gasteiger partial charge is 0.373 e. The first-order chi connectivity index (χ1) is 7.24. The molecule has 0 spiro atoms. The number of rotatable bonds is 3. The van der Waals surface area contributed by atoms with Crippen molar-refractivity contribution in [2.75, 3.05) is 0 Å². The average Bonchev–Trinajstić information content (AvgIpc) is 2.64. The van der Waals surface area contributed by atoms with E-state index in [0.717, 1.165) is 36.8 Å². The maximum atomic E-state index is 5.86. The Hall–Kier alpha value is 0.1000. The van der Waals surface area contributed by atoms with Gasteiger partial charge in [-0.2, -0.15) is 0 Å². The lowest BCUT2D eigenvalue weighted by Gasteiger charge is -2.25. The van der Waals surface area contributed by atoms with Crippen molar-refractivity contribution in [3.63, 3.8) is 0 Å². The summed E-state index contributed by atoms with van der Waals surface area (Å²) in [4.78, 5) is 1.29. The Bertz CT molecular complexity index is 307. The van der Waals surface area contributed by atoms with E-state index >= 15 is 0 Å². The van der Waals surface area contributed by atoms with E-state index in [2.05, 4.69) is 27.4 Å². The van der Waals surface area contributed by atoms with E-state index in [1.165, 1.54) is 4.88 Å². The molecule has 2 rings (SSSR count). The summed E-state index contributed by atoms with van der Waals surface area (Å²) in [5.74, 6) is 0. The zero-order valence-corrected chi connectivity index (χ0v) is 11.0. The molecule has 0 atom stereocenters. The fraction of sp³-hybridized carbons (Fsp3) is 0.636. The molecule has 1 aliphatic rings. The Morgan fingerprint density at radius 1 is 1.40 bits per heavy atom. The normalized spacial score (nSPS) is 26.8. The van der Waals surface area contributed by atoms with Gasteiger partial charge in [0.2, 0.25) is 0 Å². The molecule has 1 aromatic heterocycles. The van der Waals surface area contributed by atoms with Crippen LogP contribution in [0.3, 0.4) is 0 Å². The SMILES string of the molecule is NC1CCC(OCc2cc(Br)cs2)CC1. The van der Waals surface area contributed by atoms with Gasteiger partial charge in [-0.1, -0.05) is 0 Å². The molecule has 1 fully saturated rings. The van der Waals surface area contributed by atoms with Crippen LogP contribution >= 0.6 is 27.3 Å². The van der Waals surface area contributed by atoms with Crippen LogP contribution in [-0.4, -0.2) is 12.1 Å². The Morgan fingerprint density at radius 3 is 2.73 bits per heavy atom. The predicted octanol–water partition coefficient (Wildman–Crippen LogP) is 3.30. The monoisotopic (exact) mass is 289 g/mol. The van der Waals surface area contributed by atoms with Crippen molar-refractivity contribution in [3.8, 4) is 0 Å². The Labute approximate surface area is 103 Å². The molecule has 0 saturated heterocycles. The zero-order chi connectivity index (χ0) is 10.7. The molecule has 84 valence electrons. The van der Waals surface area contributed by atoms with Gasteiger partial charge in [0.15, 0.2) is 0 Å². The maximum absolute atomic E-state index is 5.86. The number of hydrogen-bond donors (Lipinski definition) is 1. The van der Waals surface area contributed by atoms with Gasteiger partial charge >= 0.3 is 0 Å². The van der Waals surface area contributed by atoms with Gasteiger partial charge in [-0.05, 0) is 47.7 Å². The fourth-order valence-corrected chi connectivity index (χ4v) is 3.26. The number of halogens is 1. The standard InChI is InChI=1S/C11H16BrNOS/c12-8-5-11(15-7-8)6-14-10-3-1-9(13)2-4-10/h5,7,9-10H,1-4,6,13H2. The molecule has 1 saturated carbocycles. The summed E-state index contributed by atoms with van der Waals surface area (Å²) in [5.41, 5.74) is 5.85. The lowest BCUT2D eigenvalue weighted by Crippen LogP contribution is -2.30. The van der Waals surface area contributed by atoms with Crippen LogP contribution in [0, 0.1) is 0 Å². The third-order valence-electron chi connectivity index (χ3n) is 2.80. The molecule has 2 nitrogen and oxygen atoms in total. The van der Waals surface area contributed by atoms with Crippen molar-refractivity contribution in [3.05, 3.63) is 20.8 Å².